The molecule has 7 heteroatoms. The van der Waals surface area contributed by atoms with Gasteiger partial charge in [0, 0.05) is 25.5 Å². The summed E-state index contributed by atoms with van der Waals surface area (Å²) >= 11 is 0. The molecule has 0 spiro atoms. The molecule has 2 rings (SSSR count). The molecule has 2 amide bonds. The summed E-state index contributed by atoms with van der Waals surface area (Å²) < 4.78 is 0. The number of pyridine rings is 1. The molecule has 7 nitrogen and oxygen atoms in total. The van der Waals surface area contributed by atoms with Gasteiger partial charge in [-0.2, -0.15) is 0 Å². The molecule has 0 unspecified atom stereocenters. The lowest BCUT2D eigenvalue weighted by molar-refractivity contribution is 0.249. The quantitative estimate of drug-likeness (QED) is 0.648. The van der Waals surface area contributed by atoms with Crippen LogP contribution in [0.5, 0.6) is 0 Å². The van der Waals surface area contributed by atoms with Crippen molar-refractivity contribution >= 4 is 23.0 Å². The number of nitrogens with zero attached hydrogens (tertiary/aromatic N) is 3. The van der Waals surface area contributed by atoms with Gasteiger partial charge in [-0.3, -0.25) is 4.98 Å². The number of carbonyl (C=O) groups is 1. The van der Waals surface area contributed by atoms with Crippen molar-refractivity contribution in [1.29, 1.82) is 0 Å². The van der Waals surface area contributed by atoms with Gasteiger partial charge in [0.05, 0.1) is 0 Å². The molecule has 88 valence electrons. The molecule has 0 saturated heterocycles. The maximum atomic E-state index is 10.4. The molecule has 0 atom stereocenters. The number of aromatic nitrogens is 3. The minimum Gasteiger partial charge on any atom is -0.368 e. The third-order valence-corrected chi connectivity index (χ3v) is 2.06. The van der Waals surface area contributed by atoms with Gasteiger partial charge in [0.25, 0.3) is 0 Å². The minimum atomic E-state index is -0.538. The lowest BCUT2D eigenvalue weighted by Gasteiger charge is -2.05. The number of primary amides is 1. The van der Waals surface area contributed by atoms with Gasteiger partial charge in [0.2, 0.25) is 0 Å². The van der Waals surface area contributed by atoms with E-state index >= 15 is 0 Å². The Bertz CT molecular complexity index is 529. The van der Waals surface area contributed by atoms with Gasteiger partial charge < -0.3 is 16.4 Å². The second-order valence-corrected chi connectivity index (χ2v) is 3.31. The Morgan fingerprint density at radius 3 is 2.88 bits per heavy atom. The molecule has 0 aromatic carbocycles. The minimum absolute atomic E-state index is 0.440. The second kappa shape index (κ2) is 5.06. The van der Waals surface area contributed by atoms with Crippen molar-refractivity contribution in [2.75, 3.05) is 18.4 Å². The van der Waals surface area contributed by atoms with Gasteiger partial charge in [-0.25, -0.2) is 14.8 Å². The average molecular weight is 232 g/mol. The highest BCUT2D eigenvalue weighted by Gasteiger charge is 1.99. The van der Waals surface area contributed by atoms with Crippen LogP contribution in [0.15, 0.2) is 24.5 Å². The van der Waals surface area contributed by atoms with E-state index in [0.29, 0.717) is 24.6 Å². The zero-order chi connectivity index (χ0) is 12.1. The molecule has 0 fully saturated rings. The fourth-order valence-corrected chi connectivity index (χ4v) is 1.33. The number of hydrogen-bond donors (Lipinski definition) is 3. The Labute approximate surface area is 97.5 Å². The van der Waals surface area contributed by atoms with Crippen molar-refractivity contribution in [1.82, 2.24) is 20.3 Å². The first-order valence-electron chi connectivity index (χ1n) is 5.10. The summed E-state index contributed by atoms with van der Waals surface area (Å²) in [6.45, 7) is 0.983. The number of carbonyl (C=O) groups excluding carboxylic acids is 1. The van der Waals surface area contributed by atoms with Crippen LogP contribution >= 0.6 is 0 Å². The fraction of sp³-hybridized carbons (Fsp3) is 0.200. The first-order valence-corrected chi connectivity index (χ1v) is 5.10. The van der Waals surface area contributed by atoms with Crippen LogP contribution in [0, 0.1) is 0 Å². The Morgan fingerprint density at radius 1 is 1.24 bits per heavy atom. The molecule has 0 radical (unpaired) electrons. The van der Waals surface area contributed by atoms with Crippen LogP contribution in [0.3, 0.4) is 0 Å². The molecule has 0 saturated carbocycles. The van der Waals surface area contributed by atoms with Crippen LogP contribution in [0.25, 0.3) is 11.2 Å². The van der Waals surface area contributed by atoms with E-state index in [-0.39, 0.29) is 0 Å². The molecule has 2 aromatic rings. The summed E-state index contributed by atoms with van der Waals surface area (Å²) in [5.41, 5.74) is 6.26. The first-order chi connectivity index (χ1) is 8.25. The highest BCUT2D eigenvalue weighted by molar-refractivity contribution is 5.72. The number of anilines is 1. The van der Waals surface area contributed by atoms with Crippen LogP contribution in [-0.4, -0.2) is 34.1 Å². The molecule has 0 aliphatic heterocycles. The summed E-state index contributed by atoms with van der Waals surface area (Å²) in [5.74, 6) is 0.685. The second-order valence-electron chi connectivity index (χ2n) is 3.31. The summed E-state index contributed by atoms with van der Waals surface area (Å²) in [4.78, 5) is 22.9. The van der Waals surface area contributed by atoms with E-state index < -0.39 is 6.03 Å². The maximum Gasteiger partial charge on any atom is 0.312 e. The third kappa shape index (κ3) is 3.00. The van der Waals surface area contributed by atoms with Crippen LogP contribution in [-0.2, 0) is 0 Å². The number of fused-ring (bicyclic) bond motifs is 1. The van der Waals surface area contributed by atoms with Gasteiger partial charge in [-0.15, -0.1) is 0 Å². The monoisotopic (exact) mass is 232 g/mol. The lowest BCUT2D eigenvalue weighted by Crippen LogP contribution is -2.33. The highest BCUT2D eigenvalue weighted by Crippen LogP contribution is 2.09. The van der Waals surface area contributed by atoms with Crippen molar-refractivity contribution in [3.8, 4) is 0 Å². The van der Waals surface area contributed by atoms with Crippen LogP contribution in [0.1, 0.15) is 0 Å². The first kappa shape index (κ1) is 11.1. The molecule has 2 heterocycles. The summed E-state index contributed by atoms with van der Waals surface area (Å²) in [5, 5.41) is 5.52. The summed E-state index contributed by atoms with van der Waals surface area (Å²) in [6.07, 6.45) is 3.21. The highest BCUT2D eigenvalue weighted by atomic mass is 16.2. The fourth-order valence-electron chi connectivity index (χ4n) is 1.33. The Kier molecular flexibility index (Phi) is 3.29. The number of amides is 2. The van der Waals surface area contributed by atoms with Crippen LogP contribution < -0.4 is 16.4 Å². The zero-order valence-corrected chi connectivity index (χ0v) is 9.05. The van der Waals surface area contributed by atoms with Crippen LogP contribution in [0.2, 0.25) is 0 Å². The molecular formula is C10H12N6O. The number of hydrogen-bond acceptors (Lipinski definition) is 5. The Balaban J connectivity index is 1.97. The Hall–Kier alpha value is -2.44. The number of rotatable bonds is 4. The van der Waals surface area contributed by atoms with E-state index in [4.69, 9.17) is 5.73 Å². The van der Waals surface area contributed by atoms with Crippen molar-refractivity contribution < 1.29 is 4.79 Å². The molecule has 4 N–H and O–H groups in total. The SMILES string of the molecule is NC(=O)NCCNc1ccc2nccnc2n1. The van der Waals surface area contributed by atoms with E-state index in [2.05, 4.69) is 25.6 Å². The zero-order valence-electron chi connectivity index (χ0n) is 9.05. The van der Waals surface area contributed by atoms with Gasteiger partial charge in [0.15, 0.2) is 5.65 Å². The number of nitrogens with one attached hydrogen (secondary N) is 2. The molecule has 0 aliphatic carbocycles. The van der Waals surface area contributed by atoms with E-state index in [1.165, 1.54) is 0 Å². The smallest absolute Gasteiger partial charge is 0.312 e. The number of urea groups is 1. The summed E-state index contributed by atoms with van der Waals surface area (Å²) in [7, 11) is 0. The molecule has 0 aliphatic rings. The largest absolute Gasteiger partial charge is 0.368 e. The molecule has 17 heavy (non-hydrogen) atoms. The topological polar surface area (TPSA) is 106 Å². The average Bonchev–Trinajstić information content (AvgIpc) is 2.34. The predicted octanol–water partition coefficient (Wildman–Crippen LogP) is 0.105. The van der Waals surface area contributed by atoms with Crippen molar-refractivity contribution in [2.45, 2.75) is 0 Å². The van der Waals surface area contributed by atoms with Crippen LogP contribution in [0.4, 0.5) is 10.6 Å². The van der Waals surface area contributed by atoms with Gasteiger partial charge in [-0.1, -0.05) is 0 Å². The van der Waals surface area contributed by atoms with Gasteiger partial charge >= 0.3 is 6.03 Å². The van der Waals surface area contributed by atoms with Gasteiger partial charge in [0.1, 0.15) is 11.3 Å². The summed E-state index contributed by atoms with van der Waals surface area (Å²) in [6, 6.07) is 3.10. The van der Waals surface area contributed by atoms with Crippen molar-refractivity contribution in [3.05, 3.63) is 24.5 Å². The number of nitrogens with two attached hydrogens (primary N) is 1. The van der Waals surface area contributed by atoms with Crippen molar-refractivity contribution in [3.63, 3.8) is 0 Å². The van der Waals surface area contributed by atoms with E-state index in [0.717, 1.165) is 5.52 Å². The van der Waals surface area contributed by atoms with E-state index in [9.17, 15) is 4.79 Å². The maximum absolute atomic E-state index is 10.4. The van der Waals surface area contributed by atoms with E-state index in [1.807, 2.05) is 6.07 Å². The van der Waals surface area contributed by atoms with E-state index in [1.54, 1.807) is 18.5 Å². The van der Waals surface area contributed by atoms with Crippen molar-refractivity contribution in [2.24, 2.45) is 5.73 Å². The lowest BCUT2D eigenvalue weighted by atomic mass is 10.4. The Morgan fingerprint density at radius 2 is 2.06 bits per heavy atom. The van der Waals surface area contributed by atoms with Gasteiger partial charge in [-0.05, 0) is 12.1 Å². The third-order valence-electron chi connectivity index (χ3n) is 2.06. The normalized spacial score (nSPS) is 10.1. The standard InChI is InChI=1S/C10H12N6O/c11-10(17)15-6-4-13-8-2-1-7-9(16-8)14-5-3-12-7/h1-3,5H,4,6H2,(H3,11,15,17)(H,13,14,16). The molecular weight excluding hydrogens is 220 g/mol. The molecule has 2 aromatic heterocycles. The predicted molar refractivity (Wildman–Crippen MR) is 63.4 cm³/mol. The molecule has 0 bridgehead atoms.